The Hall–Kier alpha value is -3.35. The molecule has 0 N–H and O–H groups in total. The zero-order chi connectivity index (χ0) is 20.4. The van der Waals surface area contributed by atoms with Crippen LogP contribution in [-0.2, 0) is 11.3 Å². The molecule has 2 aromatic carbocycles. The lowest BCUT2D eigenvalue weighted by atomic mass is 10.1. The van der Waals surface area contributed by atoms with Crippen molar-refractivity contribution < 1.29 is 18.8 Å². The highest BCUT2D eigenvalue weighted by Crippen LogP contribution is 2.32. The number of carbonyl (C=O) groups is 1. The number of ether oxygens (including phenoxy) is 2. The summed E-state index contributed by atoms with van der Waals surface area (Å²) in [6.07, 6.45) is 0.366. The Morgan fingerprint density at radius 3 is 2.66 bits per heavy atom. The number of hydrogen-bond donors (Lipinski definition) is 0. The van der Waals surface area contributed by atoms with Crippen LogP contribution in [0.15, 0.2) is 47.0 Å². The smallest absolute Gasteiger partial charge is 0.257 e. The molecular formula is C22H23N3O4. The Morgan fingerprint density at radius 2 is 1.93 bits per heavy atom. The van der Waals surface area contributed by atoms with Crippen LogP contribution in [-0.4, -0.2) is 41.7 Å². The zero-order valence-corrected chi connectivity index (χ0v) is 16.7. The van der Waals surface area contributed by atoms with Gasteiger partial charge in [-0.05, 0) is 31.2 Å². The fourth-order valence-electron chi connectivity index (χ4n) is 3.50. The van der Waals surface area contributed by atoms with Gasteiger partial charge in [0.15, 0.2) is 5.82 Å². The molecule has 1 aliphatic rings. The first-order chi connectivity index (χ1) is 14.1. The fourth-order valence-corrected chi connectivity index (χ4v) is 3.50. The topological polar surface area (TPSA) is 77.7 Å². The maximum Gasteiger partial charge on any atom is 0.257 e. The molecule has 0 aliphatic carbocycles. The molecule has 7 nitrogen and oxygen atoms in total. The van der Waals surface area contributed by atoms with Gasteiger partial charge >= 0.3 is 0 Å². The minimum absolute atomic E-state index is 0.0644. The first-order valence-corrected chi connectivity index (χ1v) is 9.46. The molecule has 0 spiro atoms. The third kappa shape index (κ3) is 3.94. The van der Waals surface area contributed by atoms with Crippen molar-refractivity contribution in [3.8, 4) is 23.0 Å². The van der Waals surface area contributed by atoms with Gasteiger partial charge in [0.25, 0.3) is 5.89 Å². The molecule has 1 saturated heterocycles. The zero-order valence-electron chi connectivity index (χ0n) is 16.7. The van der Waals surface area contributed by atoms with Crippen molar-refractivity contribution in [2.24, 2.45) is 0 Å². The van der Waals surface area contributed by atoms with Gasteiger partial charge in [-0.2, -0.15) is 4.98 Å². The van der Waals surface area contributed by atoms with E-state index in [1.54, 1.807) is 19.1 Å². The van der Waals surface area contributed by atoms with Gasteiger partial charge < -0.3 is 18.9 Å². The average molecular weight is 393 g/mol. The van der Waals surface area contributed by atoms with Crippen LogP contribution in [0.25, 0.3) is 11.5 Å². The second kappa shape index (κ2) is 7.95. The summed E-state index contributed by atoms with van der Waals surface area (Å²) >= 11 is 0. The van der Waals surface area contributed by atoms with Crippen molar-refractivity contribution in [2.45, 2.75) is 25.8 Å². The van der Waals surface area contributed by atoms with Crippen LogP contribution in [0.4, 0.5) is 0 Å². The van der Waals surface area contributed by atoms with Gasteiger partial charge in [-0.3, -0.25) is 4.79 Å². The van der Waals surface area contributed by atoms with Gasteiger partial charge in [-0.25, -0.2) is 0 Å². The molecule has 0 bridgehead atoms. The first kappa shape index (κ1) is 19.0. The molecule has 1 fully saturated rings. The van der Waals surface area contributed by atoms with Crippen LogP contribution < -0.4 is 9.47 Å². The predicted octanol–water partition coefficient (Wildman–Crippen LogP) is 3.58. The Bertz CT molecular complexity index is 1010. The monoisotopic (exact) mass is 393 g/mol. The van der Waals surface area contributed by atoms with E-state index in [2.05, 4.69) is 10.1 Å². The van der Waals surface area contributed by atoms with E-state index in [9.17, 15) is 4.79 Å². The van der Waals surface area contributed by atoms with Crippen LogP contribution in [0.3, 0.4) is 0 Å². The van der Waals surface area contributed by atoms with Crippen LogP contribution in [0.1, 0.15) is 29.3 Å². The van der Waals surface area contributed by atoms with Gasteiger partial charge in [0.05, 0.1) is 14.2 Å². The fraction of sp³-hybridized carbons (Fsp3) is 0.318. The van der Waals surface area contributed by atoms with E-state index in [0.717, 1.165) is 11.1 Å². The highest BCUT2D eigenvalue weighted by molar-refractivity contribution is 5.79. The van der Waals surface area contributed by atoms with Gasteiger partial charge in [0.1, 0.15) is 11.5 Å². The average Bonchev–Trinajstić information content (AvgIpc) is 3.36. The minimum atomic E-state index is -0.0882. The van der Waals surface area contributed by atoms with Crippen LogP contribution in [0.5, 0.6) is 11.5 Å². The van der Waals surface area contributed by atoms with Crippen molar-refractivity contribution in [3.05, 3.63) is 59.4 Å². The van der Waals surface area contributed by atoms with Gasteiger partial charge in [0.2, 0.25) is 5.91 Å². The van der Waals surface area contributed by atoms with Crippen LogP contribution >= 0.6 is 0 Å². The molecule has 0 saturated carbocycles. The second-order valence-electron chi connectivity index (χ2n) is 7.18. The third-order valence-corrected chi connectivity index (χ3v) is 5.18. The molecule has 1 aromatic heterocycles. The summed E-state index contributed by atoms with van der Waals surface area (Å²) in [6.45, 7) is 3.03. The molecule has 1 amide bonds. The highest BCUT2D eigenvalue weighted by Gasteiger charge is 2.34. The highest BCUT2D eigenvalue weighted by atomic mass is 16.5. The summed E-state index contributed by atoms with van der Waals surface area (Å²) in [4.78, 5) is 18.9. The number of hydrogen-bond acceptors (Lipinski definition) is 6. The molecule has 4 rings (SSSR count). The molecular weight excluding hydrogens is 370 g/mol. The molecule has 1 aliphatic heterocycles. The van der Waals surface area contributed by atoms with E-state index < -0.39 is 0 Å². The standard InChI is InChI=1S/C22H23N3O4/c1-14-4-6-15(7-5-14)22-23-21(24-29-22)17-10-20(26)25(13-17)12-16-8-9-18(27-2)11-19(16)28-3/h4-9,11,17H,10,12-13H2,1-3H3. The predicted molar refractivity (Wildman–Crippen MR) is 107 cm³/mol. The van der Waals surface area contributed by atoms with Gasteiger partial charge in [0, 0.05) is 42.6 Å². The number of aromatic nitrogens is 2. The summed E-state index contributed by atoms with van der Waals surface area (Å²) in [6, 6.07) is 13.5. The second-order valence-corrected chi connectivity index (χ2v) is 7.18. The normalized spacial score (nSPS) is 16.3. The van der Waals surface area contributed by atoms with E-state index in [4.69, 9.17) is 14.0 Å². The number of aryl methyl sites for hydroxylation is 1. The van der Waals surface area contributed by atoms with E-state index in [0.29, 0.717) is 42.7 Å². The summed E-state index contributed by atoms with van der Waals surface area (Å²) in [5, 5.41) is 4.12. The number of likely N-dealkylation sites (tertiary alicyclic amines) is 1. The molecule has 7 heteroatoms. The number of benzene rings is 2. The van der Waals surface area contributed by atoms with Crippen molar-refractivity contribution in [3.63, 3.8) is 0 Å². The van der Waals surface area contributed by atoms with Crippen molar-refractivity contribution in [2.75, 3.05) is 20.8 Å². The summed E-state index contributed by atoms with van der Waals surface area (Å²) in [7, 11) is 3.22. The van der Waals surface area contributed by atoms with E-state index in [1.807, 2.05) is 49.4 Å². The minimum Gasteiger partial charge on any atom is -0.497 e. The molecule has 1 atom stereocenters. The van der Waals surface area contributed by atoms with Crippen LogP contribution in [0.2, 0.25) is 0 Å². The van der Waals surface area contributed by atoms with Crippen molar-refractivity contribution in [1.29, 1.82) is 0 Å². The Balaban J connectivity index is 1.48. The summed E-state index contributed by atoms with van der Waals surface area (Å²) in [5.74, 6) is 2.43. The number of methoxy groups -OCH3 is 2. The molecule has 150 valence electrons. The lowest BCUT2D eigenvalue weighted by molar-refractivity contribution is -0.128. The Morgan fingerprint density at radius 1 is 1.14 bits per heavy atom. The number of rotatable bonds is 6. The number of amides is 1. The van der Waals surface area contributed by atoms with E-state index >= 15 is 0 Å². The first-order valence-electron chi connectivity index (χ1n) is 9.46. The molecule has 29 heavy (non-hydrogen) atoms. The summed E-state index contributed by atoms with van der Waals surface area (Å²) < 4.78 is 16.1. The number of carbonyl (C=O) groups excluding carboxylic acids is 1. The maximum atomic E-state index is 12.6. The largest absolute Gasteiger partial charge is 0.497 e. The lowest BCUT2D eigenvalue weighted by Crippen LogP contribution is -2.24. The third-order valence-electron chi connectivity index (χ3n) is 5.18. The Labute approximate surface area is 169 Å². The maximum absolute atomic E-state index is 12.6. The van der Waals surface area contributed by atoms with Crippen molar-refractivity contribution in [1.82, 2.24) is 15.0 Å². The Kier molecular flexibility index (Phi) is 5.20. The quantitative estimate of drug-likeness (QED) is 0.637. The molecule has 1 unspecified atom stereocenters. The van der Waals surface area contributed by atoms with Crippen molar-refractivity contribution >= 4 is 5.91 Å². The molecule has 3 aromatic rings. The summed E-state index contributed by atoms with van der Waals surface area (Å²) in [5.41, 5.74) is 2.97. The lowest BCUT2D eigenvalue weighted by Gasteiger charge is -2.18. The van der Waals surface area contributed by atoms with Gasteiger partial charge in [-0.1, -0.05) is 22.9 Å². The molecule has 0 radical (unpaired) electrons. The molecule has 2 heterocycles. The number of nitrogens with zero attached hydrogens (tertiary/aromatic N) is 3. The van der Waals surface area contributed by atoms with E-state index in [-0.39, 0.29) is 11.8 Å². The SMILES string of the molecule is COc1ccc(CN2CC(c3noc(-c4ccc(C)cc4)n3)CC2=O)c(OC)c1. The van der Waals surface area contributed by atoms with E-state index in [1.165, 1.54) is 5.56 Å². The van der Waals surface area contributed by atoms with Crippen LogP contribution in [0, 0.1) is 6.92 Å². The van der Waals surface area contributed by atoms with Gasteiger partial charge in [-0.15, -0.1) is 0 Å².